The van der Waals surface area contributed by atoms with E-state index in [-0.39, 0.29) is 0 Å². The zero-order chi connectivity index (χ0) is 32.0. The Kier molecular flexibility index (Phi) is 9.32. The van der Waals surface area contributed by atoms with Gasteiger partial charge in [0.25, 0.3) is 0 Å². The van der Waals surface area contributed by atoms with Crippen LogP contribution in [0.25, 0.3) is 23.3 Å². The smallest absolute Gasteiger partial charge is 0.147 e. The summed E-state index contributed by atoms with van der Waals surface area (Å²) in [5, 5.41) is 3.33. The van der Waals surface area contributed by atoms with Crippen molar-refractivity contribution in [1.82, 2.24) is 0 Å². The molecule has 0 aliphatic carbocycles. The first kappa shape index (κ1) is 31.3. The van der Waals surface area contributed by atoms with E-state index in [0.717, 1.165) is 54.6 Å². The van der Waals surface area contributed by atoms with Gasteiger partial charge in [-0.2, -0.15) is 0 Å². The molecule has 6 rings (SSSR count). The van der Waals surface area contributed by atoms with E-state index in [9.17, 15) is 9.13 Å². The van der Waals surface area contributed by atoms with Crippen LogP contribution in [-0.4, -0.2) is 0 Å². The van der Waals surface area contributed by atoms with E-state index in [0.29, 0.717) is 12.3 Å². The van der Waals surface area contributed by atoms with Crippen LogP contribution in [-0.2, 0) is 21.5 Å². The lowest BCUT2D eigenvalue weighted by Gasteiger charge is -2.21. The number of hydrogen-bond donors (Lipinski definition) is 0. The van der Waals surface area contributed by atoms with Gasteiger partial charge in [-0.25, -0.2) is 0 Å². The van der Waals surface area contributed by atoms with Gasteiger partial charge in [0.1, 0.15) is 14.3 Å². The molecule has 0 heterocycles. The molecule has 0 spiro atoms. The van der Waals surface area contributed by atoms with Gasteiger partial charge in [0.05, 0.1) is 0 Å². The molecule has 0 radical (unpaired) electrons. The van der Waals surface area contributed by atoms with E-state index >= 15 is 0 Å². The molecular weight excluding hydrogens is 598 g/mol. The average Bonchev–Trinajstić information content (AvgIpc) is 3.13. The van der Waals surface area contributed by atoms with Gasteiger partial charge in [-0.1, -0.05) is 183 Å². The van der Waals surface area contributed by atoms with Gasteiger partial charge in [0, 0.05) is 33.5 Å². The number of rotatable bonds is 11. The third kappa shape index (κ3) is 6.61. The normalized spacial score (nSPS) is 13.7. The van der Waals surface area contributed by atoms with Crippen LogP contribution in [0.3, 0.4) is 0 Å². The fourth-order valence-corrected chi connectivity index (χ4v) is 11.2. The summed E-state index contributed by atoms with van der Waals surface area (Å²) < 4.78 is 29.6. The van der Waals surface area contributed by atoms with Crippen molar-refractivity contribution >= 4 is 47.7 Å². The van der Waals surface area contributed by atoms with E-state index in [1.165, 1.54) is 0 Å². The Hall–Kier alpha value is -4.74. The second-order valence-corrected chi connectivity index (χ2v) is 17.1. The van der Waals surface area contributed by atoms with Crippen molar-refractivity contribution in [3.05, 3.63) is 193 Å². The molecule has 0 bridgehead atoms. The van der Waals surface area contributed by atoms with Crippen LogP contribution in [0.5, 0.6) is 0 Å². The zero-order valence-electron chi connectivity index (χ0n) is 25.7. The van der Waals surface area contributed by atoms with Crippen molar-refractivity contribution in [2.24, 2.45) is 0 Å². The summed E-state index contributed by atoms with van der Waals surface area (Å²) in [5.74, 6) is 0. The fraction of sp³-hybridized carbons (Fsp3) is 0.0476. The molecule has 2 atom stereocenters. The Morgan fingerprint density at radius 3 is 1.00 bits per heavy atom. The van der Waals surface area contributed by atoms with Gasteiger partial charge < -0.3 is 9.13 Å². The maximum absolute atomic E-state index is 14.8. The topological polar surface area (TPSA) is 34.1 Å². The van der Waals surface area contributed by atoms with Crippen LogP contribution in [0.4, 0.5) is 0 Å². The highest BCUT2D eigenvalue weighted by Crippen LogP contribution is 2.48. The Morgan fingerprint density at radius 2 is 0.696 bits per heavy atom. The molecule has 0 saturated carbocycles. The van der Waals surface area contributed by atoms with Crippen LogP contribution in [0.2, 0.25) is 0 Å². The monoisotopic (exact) mass is 634 g/mol. The highest BCUT2D eigenvalue weighted by molar-refractivity contribution is 7.78. The van der Waals surface area contributed by atoms with Crippen LogP contribution < -0.4 is 21.2 Å². The maximum atomic E-state index is 14.8. The maximum Gasteiger partial charge on any atom is 0.147 e. The highest BCUT2D eigenvalue weighted by Gasteiger charge is 2.29. The van der Waals surface area contributed by atoms with E-state index in [1.54, 1.807) is 0 Å². The van der Waals surface area contributed by atoms with Gasteiger partial charge >= 0.3 is 0 Å². The lowest BCUT2D eigenvalue weighted by Crippen LogP contribution is -2.18. The molecule has 2 nitrogen and oxygen atoms in total. The van der Waals surface area contributed by atoms with E-state index < -0.39 is 14.3 Å². The molecule has 6 aromatic rings. The van der Waals surface area contributed by atoms with Gasteiger partial charge in [-0.05, 0) is 33.4 Å². The Bertz CT molecular complexity index is 1880. The molecule has 4 heteroatoms. The molecule has 0 amide bonds. The molecule has 0 fully saturated rings. The fourth-order valence-electron chi connectivity index (χ4n) is 5.82. The van der Waals surface area contributed by atoms with Gasteiger partial charge in [0.2, 0.25) is 0 Å². The number of benzene rings is 6. The molecule has 2 unspecified atom stereocenters. The predicted octanol–water partition coefficient (Wildman–Crippen LogP) is 9.67. The van der Waals surface area contributed by atoms with Crippen molar-refractivity contribution in [3.8, 4) is 11.1 Å². The summed E-state index contributed by atoms with van der Waals surface area (Å²) in [6.45, 7) is 7.69. The molecule has 6 aromatic carbocycles. The van der Waals surface area contributed by atoms with Crippen molar-refractivity contribution in [2.45, 2.75) is 12.3 Å². The third-order valence-electron chi connectivity index (χ3n) is 8.49. The minimum atomic E-state index is -2.95. The quantitative estimate of drug-likeness (QED) is 0.133. The third-order valence-corrected chi connectivity index (χ3v) is 14.6. The predicted molar refractivity (Wildman–Crippen MR) is 199 cm³/mol. The van der Waals surface area contributed by atoms with Gasteiger partial charge in [-0.15, -0.1) is 0 Å². The summed E-state index contributed by atoms with van der Waals surface area (Å²) in [6, 6.07) is 51.9. The summed E-state index contributed by atoms with van der Waals surface area (Å²) in [7, 11) is -5.90. The Morgan fingerprint density at radius 1 is 0.391 bits per heavy atom. The van der Waals surface area contributed by atoms with Crippen molar-refractivity contribution in [2.75, 3.05) is 0 Å². The van der Waals surface area contributed by atoms with E-state index in [4.69, 9.17) is 0 Å². The lowest BCUT2D eigenvalue weighted by molar-refractivity contribution is 0.585. The van der Waals surface area contributed by atoms with E-state index in [2.05, 4.69) is 13.2 Å². The van der Waals surface area contributed by atoms with Gasteiger partial charge in [0.15, 0.2) is 0 Å². The average molecular weight is 635 g/mol. The molecular formula is C42H36O2P2. The zero-order valence-corrected chi connectivity index (χ0v) is 27.5. The molecule has 226 valence electrons. The van der Waals surface area contributed by atoms with Crippen LogP contribution in [0, 0.1) is 0 Å². The lowest BCUT2D eigenvalue weighted by atomic mass is 10.1. The molecule has 46 heavy (non-hydrogen) atoms. The summed E-state index contributed by atoms with van der Waals surface area (Å²) in [4.78, 5) is 0. The minimum Gasteiger partial charge on any atom is -0.313 e. The Balaban J connectivity index is 1.30. The first-order chi connectivity index (χ1) is 22.4. The standard InChI is InChI=1S/C42H36O2P2/c1-3-33-15-19-35(20-16-33)31-45(43,39-11-7-5-8-12-39)41-27-23-37(24-28-41)38-25-29-42(30-26-38)46(44,40-13-9-6-10-14-40)32-36-21-17-34(4-2)18-22-36/h3-30H,1-2,31-32H2. The number of hydrogen-bond acceptors (Lipinski definition) is 2. The summed E-state index contributed by atoms with van der Waals surface area (Å²) in [6.07, 6.45) is 4.50. The highest BCUT2D eigenvalue weighted by atomic mass is 31.2. The first-order valence-electron chi connectivity index (χ1n) is 15.3. The van der Waals surface area contributed by atoms with Crippen molar-refractivity contribution in [1.29, 1.82) is 0 Å². The van der Waals surface area contributed by atoms with Crippen molar-refractivity contribution in [3.63, 3.8) is 0 Å². The largest absolute Gasteiger partial charge is 0.313 e. The van der Waals surface area contributed by atoms with Crippen LogP contribution in [0.1, 0.15) is 22.3 Å². The molecule has 0 aromatic heterocycles. The molecule has 0 saturated heterocycles. The van der Waals surface area contributed by atoms with Crippen molar-refractivity contribution < 1.29 is 9.13 Å². The van der Waals surface area contributed by atoms with Crippen LogP contribution >= 0.6 is 14.3 Å². The summed E-state index contributed by atoms with van der Waals surface area (Å²) >= 11 is 0. The van der Waals surface area contributed by atoms with Gasteiger partial charge in [-0.3, -0.25) is 0 Å². The molecule has 0 aliphatic heterocycles. The van der Waals surface area contributed by atoms with Crippen LogP contribution in [0.15, 0.2) is 171 Å². The molecule has 0 N–H and O–H groups in total. The Labute approximate surface area is 272 Å². The minimum absolute atomic E-state index is 0.438. The summed E-state index contributed by atoms with van der Waals surface area (Å²) in [5.41, 5.74) is 6.15. The first-order valence-corrected chi connectivity index (χ1v) is 19.1. The van der Waals surface area contributed by atoms with E-state index in [1.807, 2.05) is 170 Å². The SMILES string of the molecule is C=Cc1ccc(CP(=O)(c2ccccc2)c2ccc(-c3ccc(P(=O)(Cc4ccc(C=C)cc4)c4ccccc4)cc3)cc2)cc1. The second kappa shape index (κ2) is 13.7. The molecule has 0 aliphatic rings. The second-order valence-electron chi connectivity index (χ2n) is 11.5.